The van der Waals surface area contributed by atoms with Crippen molar-refractivity contribution >= 4 is 17.6 Å². The number of amides is 2. The minimum absolute atomic E-state index is 0.000636. The van der Waals surface area contributed by atoms with Gasteiger partial charge in [0, 0.05) is 12.1 Å². The molecule has 0 saturated heterocycles. The number of nitrogens with zero attached hydrogens (tertiary/aromatic N) is 2. The molecule has 0 radical (unpaired) electrons. The van der Waals surface area contributed by atoms with Gasteiger partial charge in [-0.1, -0.05) is 49.4 Å². The first-order chi connectivity index (χ1) is 14.1. The summed E-state index contributed by atoms with van der Waals surface area (Å²) >= 11 is 0. The summed E-state index contributed by atoms with van der Waals surface area (Å²) in [7, 11) is 0. The van der Waals surface area contributed by atoms with Crippen LogP contribution < -0.4 is 10.6 Å². The van der Waals surface area contributed by atoms with E-state index in [4.69, 9.17) is 0 Å². The lowest BCUT2D eigenvalue weighted by Crippen LogP contribution is -2.28. The molecule has 2 aromatic carbocycles. The van der Waals surface area contributed by atoms with Gasteiger partial charge in [-0.2, -0.15) is 5.10 Å². The summed E-state index contributed by atoms with van der Waals surface area (Å²) < 4.78 is 14.9. The summed E-state index contributed by atoms with van der Waals surface area (Å²) in [6, 6.07) is 15.0. The molecule has 0 aliphatic carbocycles. The van der Waals surface area contributed by atoms with Gasteiger partial charge in [0.1, 0.15) is 17.7 Å². The average Bonchev–Trinajstić information content (AvgIpc) is 3.23. The van der Waals surface area contributed by atoms with Crippen LogP contribution in [0.5, 0.6) is 0 Å². The molecule has 6 nitrogen and oxygen atoms in total. The van der Waals surface area contributed by atoms with Crippen molar-refractivity contribution < 1.29 is 14.0 Å². The van der Waals surface area contributed by atoms with E-state index in [1.807, 2.05) is 37.3 Å². The predicted molar refractivity (Wildman–Crippen MR) is 108 cm³/mol. The van der Waals surface area contributed by atoms with Crippen LogP contribution in [0.2, 0.25) is 0 Å². The number of nitrogens with one attached hydrogen (secondary N) is 2. The summed E-state index contributed by atoms with van der Waals surface area (Å²) in [6.45, 7) is 2.37. The number of carbonyl (C=O) groups excluding carboxylic acids is 2. The first-order valence-corrected chi connectivity index (χ1v) is 9.55. The zero-order valence-corrected chi connectivity index (χ0v) is 16.0. The summed E-state index contributed by atoms with van der Waals surface area (Å²) in [6.07, 6.45) is 0.648. The monoisotopic (exact) mass is 392 g/mol. The molecule has 1 atom stereocenters. The Balaban J connectivity index is 1.55. The molecule has 1 unspecified atom stereocenters. The summed E-state index contributed by atoms with van der Waals surface area (Å²) in [4.78, 5) is 24.9. The Morgan fingerprint density at radius 1 is 1.17 bits per heavy atom. The fourth-order valence-electron chi connectivity index (χ4n) is 3.53. The minimum Gasteiger partial charge on any atom is -0.352 e. The third kappa shape index (κ3) is 3.76. The lowest BCUT2D eigenvalue weighted by molar-refractivity contribution is -0.126. The maximum atomic E-state index is 13.3. The fourth-order valence-corrected chi connectivity index (χ4v) is 3.53. The Labute approximate surface area is 167 Å². The molecule has 0 spiro atoms. The number of aromatic nitrogens is 2. The lowest BCUT2D eigenvalue weighted by Gasteiger charge is -2.10. The number of anilines is 1. The van der Waals surface area contributed by atoms with Gasteiger partial charge in [0.2, 0.25) is 5.91 Å². The number of aryl methyl sites for hydroxylation is 1. The highest BCUT2D eigenvalue weighted by Crippen LogP contribution is 2.38. The summed E-state index contributed by atoms with van der Waals surface area (Å²) in [5.74, 6) is -0.265. The van der Waals surface area contributed by atoms with E-state index in [9.17, 15) is 14.0 Å². The Morgan fingerprint density at radius 3 is 2.59 bits per heavy atom. The number of fused-ring (bicyclic) bond motifs is 1. The maximum Gasteiger partial charge on any atom is 0.251 e. The summed E-state index contributed by atoms with van der Waals surface area (Å²) in [5, 5.41) is 10.3. The van der Waals surface area contributed by atoms with E-state index in [2.05, 4.69) is 15.7 Å². The van der Waals surface area contributed by atoms with Gasteiger partial charge in [0.05, 0.1) is 12.1 Å². The molecule has 1 aliphatic heterocycles. The van der Waals surface area contributed by atoms with Crippen molar-refractivity contribution in [1.29, 1.82) is 0 Å². The normalized spacial score (nSPS) is 15.1. The van der Waals surface area contributed by atoms with Crippen LogP contribution in [0.15, 0.2) is 54.6 Å². The molecule has 2 amide bonds. The number of carbonyl (C=O) groups is 2. The van der Waals surface area contributed by atoms with Crippen molar-refractivity contribution in [3.8, 4) is 11.1 Å². The van der Waals surface area contributed by atoms with Gasteiger partial charge in [-0.3, -0.25) is 9.59 Å². The second-order valence-corrected chi connectivity index (χ2v) is 6.95. The number of rotatable bonds is 6. The zero-order chi connectivity index (χ0) is 20.4. The van der Waals surface area contributed by atoms with Crippen LogP contribution in [0.25, 0.3) is 11.1 Å². The number of halogens is 1. The van der Waals surface area contributed by atoms with Gasteiger partial charge < -0.3 is 10.6 Å². The van der Waals surface area contributed by atoms with Crippen LogP contribution in [0, 0.1) is 5.82 Å². The second-order valence-electron chi connectivity index (χ2n) is 6.95. The minimum atomic E-state index is -0.708. The van der Waals surface area contributed by atoms with Gasteiger partial charge in [-0.25, -0.2) is 9.07 Å². The van der Waals surface area contributed by atoms with Crippen LogP contribution in [-0.4, -0.2) is 21.6 Å². The SMILES string of the molecule is CCc1nn2c(c1-c1ccc(F)cc1)NC(=O)C2CC(=O)NCc1ccccc1. The molecule has 7 heteroatoms. The lowest BCUT2D eigenvalue weighted by atomic mass is 10.0. The molecule has 1 aromatic heterocycles. The molecule has 0 bridgehead atoms. The van der Waals surface area contributed by atoms with Gasteiger partial charge >= 0.3 is 0 Å². The highest BCUT2D eigenvalue weighted by atomic mass is 19.1. The molecule has 0 fully saturated rings. The molecule has 1 aliphatic rings. The van der Waals surface area contributed by atoms with Crippen LogP contribution >= 0.6 is 0 Å². The molecule has 0 saturated carbocycles. The van der Waals surface area contributed by atoms with E-state index < -0.39 is 6.04 Å². The number of hydrogen-bond donors (Lipinski definition) is 2. The molecule has 148 valence electrons. The number of hydrogen-bond acceptors (Lipinski definition) is 3. The zero-order valence-electron chi connectivity index (χ0n) is 16.0. The molecule has 4 rings (SSSR count). The average molecular weight is 392 g/mol. The van der Waals surface area contributed by atoms with E-state index >= 15 is 0 Å². The Morgan fingerprint density at radius 2 is 1.90 bits per heavy atom. The third-order valence-electron chi connectivity index (χ3n) is 5.00. The van der Waals surface area contributed by atoms with Crippen LogP contribution in [0.4, 0.5) is 10.2 Å². The van der Waals surface area contributed by atoms with Crippen molar-refractivity contribution in [2.24, 2.45) is 0 Å². The first kappa shape index (κ1) is 18.9. The van der Waals surface area contributed by atoms with Crippen LogP contribution in [0.1, 0.15) is 30.6 Å². The maximum absolute atomic E-state index is 13.3. The summed E-state index contributed by atoms with van der Waals surface area (Å²) in [5.41, 5.74) is 3.33. The molecule has 29 heavy (non-hydrogen) atoms. The molecular weight excluding hydrogens is 371 g/mol. The number of benzene rings is 2. The second kappa shape index (κ2) is 7.87. The van der Waals surface area contributed by atoms with Crippen molar-refractivity contribution in [2.45, 2.75) is 32.4 Å². The smallest absolute Gasteiger partial charge is 0.251 e. The quantitative estimate of drug-likeness (QED) is 0.675. The molecule has 2 heterocycles. The van der Waals surface area contributed by atoms with Gasteiger partial charge in [-0.15, -0.1) is 0 Å². The predicted octanol–water partition coefficient (Wildman–Crippen LogP) is 3.45. The van der Waals surface area contributed by atoms with Gasteiger partial charge in [-0.05, 0) is 29.7 Å². The highest BCUT2D eigenvalue weighted by molar-refractivity contribution is 6.03. The third-order valence-corrected chi connectivity index (χ3v) is 5.00. The van der Waals surface area contributed by atoms with E-state index in [-0.39, 0.29) is 24.1 Å². The standard InChI is InChI=1S/C22H21FN4O2/c1-2-17-20(15-8-10-16(23)11-9-15)21-25-22(29)18(27(21)26-17)12-19(28)24-13-14-6-4-3-5-7-14/h3-11,18H,2,12-13H2,1H3,(H,24,28)(H,25,29). The van der Waals surface area contributed by atoms with Gasteiger partial charge in [0.25, 0.3) is 5.91 Å². The molecular formula is C22H21FN4O2. The topological polar surface area (TPSA) is 76.0 Å². The Hall–Kier alpha value is -3.48. The largest absolute Gasteiger partial charge is 0.352 e. The highest BCUT2D eigenvalue weighted by Gasteiger charge is 2.36. The molecule has 2 N–H and O–H groups in total. The first-order valence-electron chi connectivity index (χ1n) is 9.55. The van der Waals surface area contributed by atoms with Crippen LogP contribution in [0.3, 0.4) is 0 Å². The Bertz CT molecular complexity index is 1040. The Kier molecular flexibility index (Phi) is 5.12. The van der Waals surface area contributed by atoms with Crippen molar-refractivity contribution in [2.75, 3.05) is 5.32 Å². The fraction of sp³-hybridized carbons (Fsp3) is 0.227. The van der Waals surface area contributed by atoms with E-state index in [0.717, 1.165) is 22.4 Å². The van der Waals surface area contributed by atoms with Crippen molar-refractivity contribution in [3.63, 3.8) is 0 Å². The van der Waals surface area contributed by atoms with Gasteiger partial charge in [0.15, 0.2) is 0 Å². The van der Waals surface area contributed by atoms with E-state index in [1.54, 1.807) is 16.8 Å². The van der Waals surface area contributed by atoms with E-state index in [1.165, 1.54) is 12.1 Å². The van der Waals surface area contributed by atoms with Crippen LogP contribution in [-0.2, 0) is 22.6 Å². The molecule has 3 aromatic rings. The van der Waals surface area contributed by atoms with E-state index in [0.29, 0.717) is 18.8 Å². The van der Waals surface area contributed by atoms with Crippen molar-refractivity contribution in [3.05, 3.63) is 71.7 Å². The van der Waals surface area contributed by atoms with Crippen molar-refractivity contribution in [1.82, 2.24) is 15.1 Å².